The number of aromatic amines is 1. The minimum absolute atomic E-state index is 0.0144. The number of nitrogens with zero attached hydrogens (tertiary/aromatic N) is 1. The van der Waals surface area contributed by atoms with E-state index in [0.29, 0.717) is 23.4 Å². The Morgan fingerprint density at radius 3 is 2.68 bits per heavy atom. The van der Waals surface area contributed by atoms with Crippen molar-refractivity contribution >= 4 is 16.8 Å². The van der Waals surface area contributed by atoms with E-state index < -0.39 is 11.7 Å². The van der Waals surface area contributed by atoms with Gasteiger partial charge in [0.15, 0.2) is 0 Å². The Kier molecular flexibility index (Phi) is 6.09. The lowest BCUT2D eigenvalue weighted by atomic mass is 10.1. The van der Waals surface area contributed by atoms with E-state index >= 15 is 0 Å². The largest absolute Gasteiger partial charge is 0.497 e. The number of H-pyrrole nitrogens is 1. The first kappa shape index (κ1) is 19.6. The maximum absolute atomic E-state index is 14.1. The fourth-order valence-electron chi connectivity index (χ4n) is 3.08. The number of unbranched alkanes of at least 4 members (excludes halogenated alkanes) is 1. The van der Waals surface area contributed by atoms with Gasteiger partial charge in [0.1, 0.15) is 11.6 Å². The van der Waals surface area contributed by atoms with Gasteiger partial charge in [0, 0.05) is 18.2 Å². The standard InChI is InChI=1S/C22H23FN2O3/c1-3-4-11-25(22(27)18-7-5-6-8-19(18)23)14-16-12-15-9-10-17(28-2)13-20(15)24-21(16)26/h5-10,12-13H,3-4,11,14H2,1-2H3,(H,24,26). The number of benzene rings is 2. The van der Waals surface area contributed by atoms with E-state index in [9.17, 15) is 14.0 Å². The molecule has 0 aliphatic heterocycles. The van der Waals surface area contributed by atoms with E-state index in [-0.39, 0.29) is 17.7 Å². The van der Waals surface area contributed by atoms with Crippen LogP contribution in [0.3, 0.4) is 0 Å². The maximum Gasteiger partial charge on any atom is 0.257 e. The summed E-state index contributed by atoms with van der Waals surface area (Å²) < 4.78 is 19.3. The highest BCUT2D eigenvalue weighted by atomic mass is 19.1. The van der Waals surface area contributed by atoms with Gasteiger partial charge in [-0.15, -0.1) is 0 Å². The van der Waals surface area contributed by atoms with E-state index in [2.05, 4.69) is 4.98 Å². The molecule has 0 spiro atoms. The number of rotatable bonds is 7. The van der Waals surface area contributed by atoms with E-state index in [1.807, 2.05) is 19.1 Å². The first-order valence-electron chi connectivity index (χ1n) is 9.27. The summed E-state index contributed by atoms with van der Waals surface area (Å²) in [5.41, 5.74) is 0.858. The summed E-state index contributed by atoms with van der Waals surface area (Å²) in [5.74, 6) is -0.329. The predicted octanol–water partition coefficient (Wildman–Crippen LogP) is 4.12. The topological polar surface area (TPSA) is 62.4 Å². The molecule has 3 aromatic rings. The number of aromatic nitrogens is 1. The zero-order valence-corrected chi connectivity index (χ0v) is 16.0. The highest BCUT2D eigenvalue weighted by Crippen LogP contribution is 2.20. The molecule has 0 radical (unpaired) electrons. The van der Waals surface area contributed by atoms with Crippen LogP contribution < -0.4 is 10.3 Å². The third-order valence-corrected chi connectivity index (χ3v) is 4.66. The van der Waals surface area contributed by atoms with E-state index in [4.69, 9.17) is 4.74 Å². The van der Waals surface area contributed by atoms with Crippen LogP contribution in [0.2, 0.25) is 0 Å². The quantitative estimate of drug-likeness (QED) is 0.669. The van der Waals surface area contributed by atoms with Gasteiger partial charge >= 0.3 is 0 Å². The van der Waals surface area contributed by atoms with Crippen LogP contribution in [0.1, 0.15) is 35.7 Å². The number of amides is 1. The summed E-state index contributed by atoms with van der Waals surface area (Å²) in [6.45, 7) is 2.58. The number of carbonyl (C=O) groups excluding carboxylic acids is 1. The molecule has 2 aromatic carbocycles. The molecule has 0 aliphatic rings. The number of halogens is 1. The van der Waals surface area contributed by atoms with Gasteiger partial charge in [0.2, 0.25) is 0 Å². The molecule has 3 rings (SSSR count). The predicted molar refractivity (Wildman–Crippen MR) is 107 cm³/mol. The van der Waals surface area contributed by atoms with Gasteiger partial charge in [0.05, 0.1) is 24.7 Å². The zero-order chi connectivity index (χ0) is 20.1. The number of carbonyl (C=O) groups is 1. The van der Waals surface area contributed by atoms with Crippen molar-refractivity contribution in [1.29, 1.82) is 0 Å². The van der Waals surface area contributed by atoms with Gasteiger partial charge in [-0.1, -0.05) is 25.5 Å². The molecular formula is C22H23FN2O3. The molecule has 0 atom stereocenters. The molecule has 0 saturated carbocycles. The molecule has 146 valence electrons. The van der Waals surface area contributed by atoms with Crippen molar-refractivity contribution in [3.05, 3.63) is 75.8 Å². The Balaban J connectivity index is 1.94. The monoisotopic (exact) mass is 382 g/mol. The molecule has 5 nitrogen and oxygen atoms in total. The summed E-state index contributed by atoms with van der Waals surface area (Å²) in [5, 5.41) is 0.837. The lowest BCUT2D eigenvalue weighted by Crippen LogP contribution is -2.34. The maximum atomic E-state index is 14.1. The molecule has 1 N–H and O–H groups in total. The molecule has 28 heavy (non-hydrogen) atoms. The van der Waals surface area contributed by atoms with Crippen LogP contribution >= 0.6 is 0 Å². The Hall–Kier alpha value is -3.15. The van der Waals surface area contributed by atoms with E-state index in [1.165, 1.54) is 17.0 Å². The van der Waals surface area contributed by atoms with E-state index in [1.54, 1.807) is 31.4 Å². The number of hydrogen-bond acceptors (Lipinski definition) is 3. The van der Waals surface area contributed by atoms with Crippen LogP contribution in [-0.2, 0) is 6.54 Å². The van der Waals surface area contributed by atoms with Crippen LogP contribution in [0.4, 0.5) is 4.39 Å². The number of fused-ring (bicyclic) bond motifs is 1. The van der Waals surface area contributed by atoms with Gasteiger partial charge in [-0.05, 0) is 42.1 Å². The van der Waals surface area contributed by atoms with Crippen molar-refractivity contribution in [2.24, 2.45) is 0 Å². The minimum Gasteiger partial charge on any atom is -0.497 e. The second-order valence-electron chi connectivity index (χ2n) is 6.64. The molecule has 0 fully saturated rings. The average Bonchev–Trinajstić information content (AvgIpc) is 2.70. The number of ether oxygens (including phenoxy) is 1. The van der Waals surface area contributed by atoms with Crippen molar-refractivity contribution in [2.45, 2.75) is 26.3 Å². The Morgan fingerprint density at radius 1 is 1.18 bits per heavy atom. The lowest BCUT2D eigenvalue weighted by Gasteiger charge is -2.23. The smallest absolute Gasteiger partial charge is 0.257 e. The number of nitrogens with one attached hydrogen (secondary N) is 1. The third-order valence-electron chi connectivity index (χ3n) is 4.66. The molecule has 0 unspecified atom stereocenters. The fraction of sp³-hybridized carbons (Fsp3) is 0.273. The molecule has 6 heteroatoms. The normalized spacial score (nSPS) is 10.8. The minimum atomic E-state index is -0.562. The van der Waals surface area contributed by atoms with Crippen LogP contribution in [-0.4, -0.2) is 29.4 Å². The number of methoxy groups -OCH3 is 1. The average molecular weight is 382 g/mol. The van der Waals surface area contributed by atoms with Gasteiger partial charge in [-0.3, -0.25) is 9.59 Å². The molecule has 1 amide bonds. The molecule has 0 bridgehead atoms. The van der Waals surface area contributed by atoms with Gasteiger partial charge in [-0.25, -0.2) is 4.39 Å². The highest BCUT2D eigenvalue weighted by molar-refractivity contribution is 5.94. The van der Waals surface area contributed by atoms with Crippen LogP contribution in [0.5, 0.6) is 5.75 Å². The van der Waals surface area contributed by atoms with Crippen LogP contribution in [0, 0.1) is 5.82 Å². The first-order valence-corrected chi connectivity index (χ1v) is 9.27. The molecular weight excluding hydrogens is 359 g/mol. The van der Waals surface area contributed by atoms with Crippen molar-refractivity contribution in [3.8, 4) is 5.75 Å². The summed E-state index contributed by atoms with van der Waals surface area (Å²) >= 11 is 0. The van der Waals surface area contributed by atoms with Crippen molar-refractivity contribution in [3.63, 3.8) is 0 Å². The summed E-state index contributed by atoms with van der Waals surface area (Å²) in [6, 6.07) is 13.1. The van der Waals surface area contributed by atoms with Gasteiger partial charge < -0.3 is 14.6 Å². The first-order chi connectivity index (χ1) is 13.5. The SMILES string of the molecule is CCCCN(Cc1cc2ccc(OC)cc2[nH]c1=O)C(=O)c1ccccc1F. The highest BCUT2D eigenvalue weighted by Gasteiger charge is 2.20. The van der Waals surface area contributed by atoms with Crippen molar-refractivity contribution < 1.29 is 13.9 Å². The molecule has 1 heterocycles. The fourth-order valence-corrected chi connectivity index (χ4v) is 3.08. The second kappa shape index (κ2) is 8.69. The van der Waals surface area contributed by atoms with Crippen LogP contribution in [0.15, 0.2) is 53.3 Å². The lowest BCUT2D eigenvalue weighted by molar-refractivity contribution is 0.0735. The summed E-state index contributed by atoms with van der Waals surface area (Å²) in [6.07, 6.45) is 1.65. The zero-order valence-electron chi connectivity index (χ0n) is 16.0. The van der Waals surface area contributed by atoms with Crippen molar-refractivity contribution in [1.82, 2.24) is 9.88 Å². The number of pyridine rings is 1. The summed E-state index contributed by atoms with van der Waals surface area (Å²) in [4.78, 5) is 29.8. The van der Waals surface area contributed by atoms with Crippen LogP contribution in [0.25, 0.3) is 10.9 Å². The second-order valence-corrected chi connectivity index (χ2v) is 6.64. The van der Waals surface area contributed by atoms with Gasteiger partial charge in [0.25, 0.3) is 11.5 Å². The van der Waals surface area contributed by atoms with Gasteiger partial charge in [-0.2, -0.15) is 0 Å². The number of hydrogen-bond donors (Lipinski definition) is 1. The Morgan fingerprint density at radius 2 is 1.96 bits per heavy atom. The Bertz CT molecular complexity index is 1050. The molecule has 0 saturated heterocycles. The molecule has 0 aliphatic carbocycles. The summed E-state index contributed by atoms with van der Waals surface area (Å²) in [7, 11) is 1.56. The molecule has 1 aromatic heterocycles. The van der Waals surface area contributed by atoms with E-state index in [0.717, 1.165) is 18.2 Å². The Labute approximate surface area is 162 Å². The third kappa shape index (κ3) is 4.22. The van der Waals surface area contributed by atoms with Crippen molar-refractivity contribution in [2.75, 3.05) is 13.7 Å².